The molecule has 0 spiro atoms. The molecule has 1 saturated heterocycles. The number of fused-ring (bicyclic) bond motifs is 1. The Morgan fingerprint density at radius 1 is 1.27 bits per heavy atom. The van der Waals surface area contributed by atoms with Crippen LogP contribution in [0.5, 0.6) is 0 Å². The normalized spacial score (nSPS) is 14.0. The number of aromatic nitrogens is 4. The van der Waals surface area contributed by atoms with Crippen molar-refractivity contribution in [1.82, 2.24) is 24.4 Å². The summed E-state index contributed by atoms with van der Waals surface area (Å²) in [6.45, 7) is 13.6. The number of carbonyl (C=O) groups is 1. The van der Waals surface area contributed by atoms with Crippen LogP contribution < -0.4 is 10.5 Å². The van der Waals surface area contributed by atoms with Crippen molar-refractivity contribution in [2.45, 2.75) is 53.1 Å². The van der Waals surface area contributed by atoms with Gasteiger partial charge in [0.25, 0.3) is 11.5 Å². The fourth-order valence-corrected chi connectivity index (χ4v) is 4.34. The summed E-state index contributed by atoms with van der Waals surface area (Å²) in [5.74, 6) is 1.65. The molecule has 1 fully saturated rings. The summed E-state index contributed by atoms with van der Waals surface area (Å²) in [6.07, 6.45) is 6.71. The van der Waals surface area contributed by atoms with Crippen molar-refractivity contribution in [3.8, 4) is 0 Å². The standard InChI is InChI=1S/C23H28N6O2.C2H6/c1-5-10-29-14-19(18-6-9-24-21(18)23(29)31)22(30)27(4)17-7-11-28(12-8-17)20-13-15(2)25-16(3)26-20;1-2/h5-6,9,13-14,17,24H,1,7-8,10-12H2,2-4H3;1-2H3. The molecular formula is C25H34N6O2. The molecular weight excluding hydrogens is 416 g/mol. The molecule has 8 heteroatoms. The highest BCUT2D eigenvalue weighted by atomic mass is 16.2. The summed E-state index contributed by atoms with van der Waals surface area (Å²) in [7, 11) is 1.85. The van der Waals surface area contributed by atoms with Gasteiger partial charge in [0, 0.05) is 62.3 Å². The van der Waals surface area contributed by atoms with Crippen molar-refractivity contribution in [2.24, 2.45) is 0 Å². The zero-order chi connectivity index (χ0) is 24.1. The van der Waals surface area contributed by atoms with Crippen molar-refractivity contribution in [1.29, 1.82) is 0 Å². The Morgan fingerprint density at radius 2 is 1.97 bits per heavy atom. The largest absolute Gasteiger partial charge is 0.357 e. The van der Waals surface area contributed by atoms with Crippen LogP contribution in [0.1, 0.15) is 48.6 Å². The van der Waals surface area contributed by atoms with E-state index in [4.69, 9.17) is 0 Å². The second kappa shape index (κ2) is 10.5. The summed E-state index contributed by atoms with van der Waals surface area (Å²) in [4.78, 5) is 42.0. The summed E-state index contributed by atoms with van der Waals surface area (Å²) in [5, 5.41) is 0.659. The number of aryl methyl sites for hydroxylation is 2. The highest BCUT2D eigenvalue weighted by Gasteiger charge is 2.28. The Bertz CT molecular complexity index is 1170. The molecule has 0 saturated carbocycles. The molecule has 3 aromatic heterocycles. The lowest BCUT2D eigenvalue weighted by Gasteiger charge is -2.37. The van der Waals surface area contributed by atoms with Crippen LogP contribution in [-0.4, -0.2) is 56.5 Å². The predicted molar refractivity (Wildman–Crippen MR) is 133 cm³/mol. The van der Waals surface area contributed by atoms with Gasteiger partial charge in [-0.15, -0.1) is 6.58 Å². The number of piperidine rings is 1. The molecule has 4 rings (SSSR count). The molecule has 0 radical (unpaired) electrons. The van der Waals surface area contributed by atoms with Crippen molar-refractivity contribution in [3.63, 3.8) is 0 Å². The number of hydrogen-bond donors (Lipinski definition) is 1. The molecule has 1 aliphatic heterocycles. The Morgan fingerprint density at radius 3 is 2.61 bits per heavy atom. The van der Waals surface area contributed by atoms with Crippen LogP contribution in [0, 0.1) is 13.8 Å². The third-order valence-corrected chi connectivity index (χ3v) is 5.96. The van der Waals surface area contributed by atoms with E-state index in [1.807, 2.05) is 45.7 Å². The van der Waals surface area contributed by atoms with Gasteiger partial charge in [-0.05, 0) is 32.8 Å². The molecule has 1 amide bonds. The predicted octanol–water partition coefficient (Wildman–Crippen LogP) is 3.69. The highest BCUT2D eigenvalue weighted by molar-refractivity contribution is 6.05. The van der Waals surface area contributed by atoms with Gasteiger partial charge in [0.15, 0.2) is 0 Å². The molecule has 0 aromatic carbocycles. The SMILES string of the molecule is C=CCn1cc(C(=O)N(C)C2CCN(c3cc(C)nc(C)n3)CC2)c2cc[nH]c2c1=O.CC. The maximum absolute atomic E-state index is 13.4. The van der Waals surface area contributed by atoms with Crippen LogP contribution >= 0.6 is 0 Å². The molecule has 1 N–H and O–H groups in total. The van der Waals surface area contributed by atoms with Crippen LogP contribution in [0.3, 0.4) is 0 Å². The van der Waals surface area contributed by atoms with E-state index in [2.05, 4.69) is 26.4 Å². The van der Waals surface area contributed by atoms with Crippen molar-refractivity contribution < 1.29 is 4.79 Å². The Hall–Kier alpha value is -3.42. The van der Waals surface area contributed by atoms with E-state index in [1.165, 1.54) is 4.57 Å². The molecule has 1 aliphatic rings. The number of allylic oxidation sites excluding steroid dienone is 1. The van der Waals surface area contributed by atoms with E-state index < -0.39 is 0 Å². The third-order valence-electron chi connectivity index (χ3n) is 5.96. The van der Waals surface area contributed by atoms with Gasteiger partial charge in [-0.25, -0.2) is 9.97 Å². The number of anilines is 1. The number of nitrogens with zero attached hydrogens (tertiary/aromatic N) is 5. The lowest BCUT2D eigenvalue weighted by molar-refractivity contribution is 0.0710. The zero-order valence-corrected chi connectivity index (χ0v) is 20.3. The molecule has 176 valence electrons. The zero-order valence-electron chi connectivity index (χ0n) is 20.3. The molecule has 3 aromatic rings. The summed E-state index contributed by atoms with van der Waals surface area (Å²) < 4.78 is 1.52. The third kappa shape index (κ3) is 4.99. The maximum Gasteiger partial charge on any atom is 0.275 e. The first-order valence-electron chi connectivity index (χ1n) is 11.5. The molecule has 0 bridgehead atoms. The Kier molecular flexibility index (Phi) is 7.68. The van der Waals surface area contributed by atoms with Gasteiger partial charge in [-0.1, -0.05) is 19.9 Å². The van der Waals surface area contributed by atoms with Crippen LogP contribution in [0.25, 0.3) is 10.9 Å². The topological polar surface area (TPSA) is 87.1 Å². The monoisotopic (exact) mass is 450 g/mol. The summed E-state index contributed by atoms with van der Waals surface area (Å²) in [6, 6.07) is 3.92. The second-order valence-corrected chi connectivity index (χ2v) is 8.10. The summed E-state index contributed by atoms with van der Waals surface area (Å²) in [5.41, 5.74) is 1.79. The van der Waals surface area contributed by atoms with Gasteiger partial charge in [-0.3, -0.25) is 9.59 Å². The van der Waals surface area contributed by atoms with Gasteiger partial charge in [0.2, 0.25) is 0 Å². The Labute approximate surface area is 195 Å². The number of pyridine rings is 1. The second-order valence-electron chi connectivity index (χ2n) is 8.10. The van der Waals surface area contributed by atoms with Crippen LogP contribution in [0.2, 0.25) is 0 Å². The average molecular weight is 451 g/mol. The number of hydrogen-bond acceptors (Lipinski definition) is 5. The highest BCUT2D eigenvalue weighted by Crippen LogP contribution is 2.24. The van der Waals surface area contributed by atoms with Gasteiger partial charge in [0.05, 0.1) is 5.56 Å². The fourth-order valence-electron chi connectivity index (χ4n) is 4.34. The first-order valence-corrected chi connectivity index (χ1v) is 11.5. The maximum atomic E-state index is 13.4. The number of rotatable bonds is 5. The van der Waals surface area contributed by atoms with Gasteiger partial charge < -0.3 is 19.4 Å². The minimum Gasteiger partial charge on any atom is -0.357 e. The number of carbonyl (C=O) groups excluding carboxylic acids is 1. The van der Waals surface area contributed by atoms with Gasteiger partial charge >= 0.3 is 0 Å². The van der Waals surface area contributed by atoms with Crippen molar-refractivity contribution >= 4 is 22.6 Å². The van der Waals surface area contributed by atoms with E-state index in [1.54, 1.807) is 24.5 Å². The number of aromatic amines is 1. The van der Waals surface area contributed by atoms with E-state index in [-0.39, 0.29) is 17.5 Å². The van der Waals surface area contributed by atoms with E-state index in [0.29, 0.717) is 23.0 Å². The lowest BCUT2D eigenvalue weighted by atomic mass is 10.0. The first-order chi connectivity index (χ1) is 15.9. The van der Waals surface area contributed by atoms with Gasteiger partial charge in [0.1, 0.15) is 17.2 Å². The van der Waals surface area contributed by atoms with E-state index in [9.17, 15) is 9.59 Å². The van der Waals surface area contributed by atoms with Crippen molar-refractivity contribution in [3.05, 3.63) is 64.6 Å². The van der Waals surface area contributed by atoms with Gasteiger partial charge in [-0.2, -0.15) is 0 Å². The average Bonchev–Trinajstić information content (AvgIpc) is 3.31. The smallest absolute Gasteiger partial charge is 0.275 e. The van der Waals surface area contributed by atoms with E-state index >= 15 is 0 Å². The Balaban J connectivity index is 0.00000149. The quantitative estimate of drug-likeness (QED) is 0.599. The molecule has 0 atom stereocenters. The lowest BCUT2D eigenvalue weighted by Crippen LogP contribution is -2.46. The number of amides is 1. The molecule has 0 aliphatic carbocycles. The van der Waals surface area contributed by atoms with E-state index in [0.717, 1.165) is 43.3 Å². The van der Waals surface area contributed by atoms with Crippen LogP contribution in [-0.2, 0) is 6.54 Å². The molecule has 33 heavy (non-hydrogen) atoms. The molecule has 4 heterocycles. The first kappa shape index (κ1) is 24.2. The minimum atomic E-state index is -0.150. The van der Waals surface area contributed by atoms with Crippen LogP contribution in [0.4, 0.5) is 5.82 Å². The summed E-state index contributed by atoms with van der Waals surface area (Å²) >= 11 is 0. The molecule has 0 unspecified atom stereocenters. The minimum absolute atomic E-state index is 0.0745. The number of H-pyrrole nitrogens is 1. The van der Waals surface area contributed by atoms with Crippen molar-refractivity contribution in [2.75, 3.05) is 25.0 Å². The molecule has 8 nitrogen and oxygen atoms in total. The number of nitrogens with one attached hydrogen (secondary N) is 1. The fraction of sp³-hybridized carbons (Fsp3) is 0.440. The van der Waals surface area contributed by atoms with Crippen LogP contribution in [0.15, 0.2) is 42.0 Å².